The SMILES string of the molecule is Cc1ccc(C(=O)COC(=O)CCCC(=O)Nc2ccc(C(=O)O[C@@H](C)C(=O)c3ccccc3)cc2)cc1C. The summed E-state index contributed by atoms with van der Waals surface area (Å²) in [7, 11) is 0. The van der Waals surface area contributed by atoms with Crippen LogP contribution < -0.4 is 5.32 Å². The van der Waals surface area contributed by atoms with Crippen LogP contribution in [-0.2, 0) is 19.1 Å². The lowest BCUT2D eigenvalue weighted by Crippen LogP contribution is -2.24. The first kappa shape index (κ1) is 29.0. The monoisotopic (exact) mass is 529 g/mol. The Morgan fingerprint density at radius 3 is 2.10 bits per heavy atom. The first-order chi connectivity index (χ1) is 18.6. The van der Waals surface area contributed by atoms with Crippen LogP contribution in [0.2, 0.25) is 0 Å². The molecule has 0 saturated heterocycles. The van der Waals surface area contributed by atoms with Crippen molar-refractivity contribution in [1.82, 2.24) is 0 Å². The molecule has 0 aliphatic heterocycles. The van der Waals surface area contributed by atoms with E-state index in [0.29, 0.717) is 16.8 Å². The second-order valence-electron chi connectivity index (χ2n) is 9.14. The summed E-state index contributed by atoms with van der Waals surface area (Å²) in [4.78, 5) is 61.2. The van der Waals surface area contributed by atoms with E-state index in [-0.39, 0.29) is 48.9 Å². The zero-order valence-corrected chi connectivity index (χ0v) is 22.2. The molecule has 3 aromatic rings. The summed E-state index contributed by atoms with van der Waals surface area (Å²) in [6.45, 7) is 5.02. The molecule has 0 aromatic heterocycles. The van der Waals surface area contributed by atoms with E-state index in [9.17, 15) is 24.0 Å². The lowest BCUT2D eigenvalue weighted by atomic mass is 10.0. The fourth-order valence-corrected chi connectivity index (χ4v) is 3.64. The Labute approximate surface area is 227 Å². The zero-order valence-electron chi connectivity index (χ0n) is 22.2. The molecule has 8 heteroatoms. The van der Waals surface area contributed by atoms with Gasteiger partial charge in [-0.05, 0) is 68.7 Å². The van der Waals surface area contributed by atoms with Crippen molar-refractivity contribution in [1.29, 1.82) is 0 Å². The number of esters is 2. The molecule has 1 amide bonds. The van der Waals surface area contributed by atoms with Crippen LogP contribution in [0.15, 0.2) is 72.8 Å². The van der Waals surface area contributed by atoms with E-state index in [1.807, 2.05) is 19.9 Å². The van der Waals surface area contributed by atoms with Gasteiger partial charge in [-0.2, -0.15) is 0 Å². The average Bonchev–Trinajstić information content (AvgIpc) is 2.93. The number of carbonyl (C=O) groups is 5. The number of Topliss-reactive ketones (excluding diaryl/α,β-unsaturated/α-hetero) is 2. The number of carbonyl (C=O) groups excluding carboxylic acids is 5. The van der Waals surface area contributed by atoms with Crippen LogP contribution in [-0.4, -0.2) is 42.1 Å². The van der Waals surface area contributed by atoms with Crippen LogP contribution in [0.1, 0.15) is 68.4 Å². The van der Waals surface area contributed by atoms with Crippen molar-refractivity contribution in [2.24, 2.45) is 0 Å². The Balaban J connectivity index is 1.37. The van der Waals surface area contributed by atoms with E-state index < -0.39 is 18.0 Å². The maximum absolute atomic E-state index is 12.4. The van der Waals surface area contributed by atoms with E-state index in [2.05, 4.69) is 5.32 Å². The Morgan fingerprint density at radius 2 is 1.44 bits per heavy atom. The molecule has 39 heavy (non-hydrogen) atoms. The Kier molecular flexibility index (Phi) is 10.3. The highest BCUT2D eigenvalue weighted by Gasteiger charge is 2.20. The molecule has 3 aromatic carbocycles. The predicted molar refractivity (Wildman–Crippen MR) is 146 cm³/mol. The van der Waals surface area contributed by atoms with E-state index in [1.54, 1.807) is 54.6 Å². The van der Waals surface area contributed by atoms with Gasteiger partial charge in [-0.25, -0.2) is 4.79 Å². The quantitative estimate of drug-likeness (QED) is 0.251. The molecule has 0 fully saturated rings. The number of hydrogen-bond donors (Lipinski definition) is 1. The smallest absolute Gasteiger partial charge is 0.338 e. The van der Waals surface area contributed by atoms with Gasteiger partial charge in [-0.3, -0.25) is 19.2 Å². The molecular weight excluding hydrogens is 498 g/mol. The fourth-order valence-electron chi connectivity index (χ4n) is 3.64. The molecule has 0 aliphatic rings. The molecule has 0 radical (unpaired) electrons. The van der Waals surface area contributed by atoms with E-state index in [4.69, 9.17) is 9.47 Å². The van der Waals surface area contributed by atoms with Gasteiger partial charge < -0.3 is 14.8 Å². The summed E-state index contributed by atoms with van der Waals surface area (Å²) < 4.78 is 10.3. The third-order valence-corrected chi connectivity index (χ3v) is 6.09. The van der Waals surface area contributed by atoms with Crippen molar-refractivity contribution in [3.8, 4) is 0 Å². The molecule has 1 N–H and O–H groups in total. The average molecular weight is 530 g/mol. The third kappa shape index (κ3) is 8.74. The van der Waals surface area contributed by atoms with Crippen LogP contribution in [0.25, 0.3) is 0 Å². The molecule has 3 rings (SSSR count). The van der Waals surface area contributed by atoms with E-state index in [1.165, 1.54) is 19.1 Å². The molecule has 0 saturated carbocycles. The van der Waals surface area contributed by atoms with Crippen molar-refractivity contribution < 1.29 is 33.4 Å². The summed E-state index contributed by atoms with van der Waals surface area (Å²) in [5.41, 5.74) is 3.69. The first-order valence-corrected chi connectivity index (χ1v) is 12.6. The van der Waals surface area contributed by atoms with Gasteiger partial charge in [0.2, 0.25) is 11.7 Å². The number of aryl methyl sites for hydroxylation is 2. The number of benzene rings is 3. The summed E-state index contributed by atoms with van der Waals surface area (Å²) in [6.07, 6.45) is -0.627. The molecule has 1 atom stereocenters. The van der Waals surface area contributed by atoms with Crippen molar-refractivity contribution in [3.05, 3.63) is 101 Å². The third-order valence-electron chi connectivity index (χ3n) is 6.09. The topological polar surface area (TPSA) is 116 Å². The van der Waals surface area contributed by atoms with Gasteiger partial charge >= 0.3 is 11.9 Å². The highest BCUT2D eigenvalue weighted by atomic mass is 16.5. The summed E-state index contributed by atoms with van der Waals surface area (Å²) >= 11 is 0. The largest absolute Gasteiger partial charge is 0.457 e. The summed E-state index contributed by atoms with van der Waals surface area (Å²) in [5.74, 6) is -2.10. The normalized spacial score (nSPS) is 11.3. The van der Waals surface area contributed by atoms with Gasteiger partial charge in [0.25, 0.3) is 0 Å². The van der Waals surface area contributed by atoms with Gasteiger partial charge in [0.1, 0.15) is 0 Å². The van der Waals surface area contributed by atoms with Crippen molar-refractivity contribution >= 4 is 35.1 Å². The number of amides is 1. The van der Waals surface area contributed by atoms with Gasteiger partial charge in [-0.15, -0.1) is 0 Å². The molecule has 0 unspecified atom stereocenters. The maximum Gasteiger partial charge on any atom is 0.338 e. The number of anilines is 1. The molecule has 8 nitrogen and oxygen atoms in total. The van der Waals surface area contributed by atoms with E-state index in [0.717, 1.165) is 11.1 Å². The second kappa shape index (κ2) is 13.8. The van der Waals surface area contributed by atoms with Gasteiger partial charge in [0.15, 0.2) is 18.5 Å². The Bertz CT molecular complexity index is 1350. The first-order valence-electron chi connectivity index (χ1n) is 12.6. The van der Waals surface area contributed by atoms with Crippen LogP contribution in [0, 0.1) is 13.8 Å². The Hall–Kier alpha value is -4.59. The molecule has 0 heterocycles. The van der Waals surface area contributed by atoms with Crippen molar-refractivity contribution in [2.45, 2.75) is 46.1 Å². The lowest BCUT2D eigenvalue weighted by Gasteiger charge is -2.12. The second-order valence-corrected chi connectivity index (χ2v) is 9.14. The number of hydrogen-bond acceptors (Lipinski definition) is 7. The van der Waals surface area contributed by atoms with Crippen LogP contribution >= 0.6 is 0 Å². The lowest BCUT2D eigenvalue weighted by molar-refractivity contribution is -0.142. The Morgan fingerprint density at radius 1 is 0.769 bits per heavy atom. The van der Waals surface area contributed by atoms with Crippen LogP contribution in [0.5, 0.6) is 0 Å². The number of nitrogens with one attached hydrogen (secondary N) is 1. The number of ether oxygens (including phenoxy) is 2. The van der Waals surface area contributed by atoms with Crippen LogP contribution in [0.3, 0.4) is 0 Å². The molecule has 0 aliphatic carbocycles. The zero-order chi connectivity index (χ0) is 28.4. The molecular formula is C31H31NO7. The number of ketones is 2. The van der Waals surface area contributed by atoms with E-state index >= 15 is 0 Å². The highest BCUT2D eigenvalue weighted by Crippen LogP contribution is 2.14. The van der Waals surface area contributed by atoms with Gasteiger partial charge in [-0.1, -0.05) is 42.5 Å². The highest BCUT2D eigenvalue weighted by molar-refractivity contribution is 6.01. The molecule has 202 valence electrons. The molecule has 0 spiro atoms. The fraction of sp³-hybridized carbons (Fsp3) is 0.258. The maximum atomic E-state index is 12.4. The summed E-state index contributed by atoms with van der Waals surface area (Å²) in [6, 6.07) is 19.9. The predicted octanol–water partition coefficient (Wildman–Crippen LogP) is 5.27. The molecule has 0 bridgehead atoms. The van der Waals surface area contributed by atoms with Crippen LogP contribution in [0.4, 0.5) is 5.69 Å². The minimum absolute atomic E-state index is 0.00170. The van der Waals surface area contributed by atoms with Crippen molar-refractivity contribution in [3.63, 3.8) is 0 Å². The standard InChI is InChI=1S/C31H31NO7/c1-20-12-13-25(18-21(20)2)27(33)19-38-29(35)11-7-10-28(34)32-26-16-14-24(15-17-26)31(37)39-22(3)30(36)23-8-5-4-6-9-23/h4-6,8-9,12-18,22H,7,10-11,19H2,1-3H3,(H,32,34)/t22-/m0/s1. The minimum atomic E-state index is -0.948. The number of rotatable bonds is 12. The minimum Gasteiger partial charge on any atom is -0.457 e. The van der Waals surface area contributed by atoms with Gasteiger partial charge in [0, 0.05) is 29.7 Å². The van der Waals surface area contributed by atoms with Gasteiger partial charge in [0.05, 0.1) is 5.56 Å². The summed E-state index contributed by atoms with van der Waals surface area (Å²) in [5, 5.41) is 2.69. The van der Waals surface area contributed by atoms with Crippen molar-refractivity contribution in [2.75, 3.05) is 11.9 Å².